The van der Waals surface area contributed by atoms with E-state index in [1.807, 2.05) is 13.0 Å². The molecule has 2 rings (SSSR count). The van der Waals surface area contributed by atoms with E-state index in [0.717, 1.165) is 24.0 Å². The number of benzene rings is 1. The third-order valence-electron chi connectivity index (χ3n) is 3.98. The summed E-state index contributed by atoms with van der Waals surface area (Å²) in [7, 11) is -3.37. The van der Waals surface area contributed by atoms with Crippen LogP contribution in [0.15, 0.2) is 23.1 Å². The molecule has 0 spiro atoms. The molecular weight excluding hydrogens is 282 g/mol. The fraction of sp³-hybridized carbons (Fsp3) is 0.571. The Bertz CT molecular complexity index is 557. The van der Waals surface area contributed by atoms with Crippen molar-refractivity contribution in [2.75, 3.05) is 13.1 Å². The zero-order valence-electron chi connectivity index (χ0n) is 11.4. The number of alkyl halides is 1. The largest absolute Gasteiger partial charge is 0.243 e. The molecule has 106 valence electrons. The van der Waals surface area contributed by atoms with Crippen molar-refractivity contribution in [2.45, 2.75) is 37.5 Å². The van der Waals surface area contributed by atoms with Gasteiger partial charge in [-0.1, -0.05) is 25.5 Å². The van der Waals surface area contributed by atoms with E-state index < -0.39 is 10.0 Å². The van der Waals surface area contributed by atoms with Gasteiger partial charge in [0, 0.05) is 19.0 Å². The predicted octanol–water partition coefficient (Wildman–Crippen LogP) is 3.15. The molecule has 0 aliphatic carbocycles. The second kappa shape index (κ2) is 5.81. The van der Waals surface area contributed by atoms with Gasteiger partial charge in [0.25, 0.3) is 0 Å². The van der Waals surface area contributed by atoms with Crippen molar-refractivity contribution in [3.63, 3.8) is 0 Å². The van der Waals surface area contributed by atoms with E-state index in [9.17, 15) is 8.42 Å². The molecule has 19 heavy (non-hydrogen) atoms. The highest BCUT2D eigenvalue weighted by Crippen LogP contribution is 2.28. The zero-order valence-corrected chi connectivity index (χ0v) is 13.0. The van der Waals surface area contributed by atoms with Gasteiger partial charge in [-0.2, -0.15) is 4.31 Å². The van der Waals surface area contributed by atoms with Gasteiger partial charge >= 0.3 is 0 Å². The Kier molecular flexibility index (Phi) is 4.54. The summed E-state index contributed by atoms with van der Waals surface area (Å²) in [5.74, 6) is 0.832. The second-order valence-corrected chi connectivity index (χ2v) is 7.27. The lowest BCUT2D eigenvalue weighted by Gasteiger charge is -2.19. The highest BCUT2D eigenvalue weighted by molar-refractivity contribution is 7.89. The molecule has 3 nitrogen and oxygen atoms in total. The predicted molar refractivity (Wildman–Crippen MR) is 77.9 cm³/mol. The van der Waals surface area contributed by atoms with E-state index in [2.05, 4.69) is 6.92 Å². The quantitative estimate of drug-likeness (QED) is 0.801. The summed E-state index contributed by atoms with van der Waals surface area (Å²) in [4.78, 5) is 0.405. The summed E-state index contributed by atoms with van der Waals surface area (Å²) in [6.45, 7) is 5.22. The molecule has 0 saturated carbocycles. The van der Waals surface area contributed by atoms with Crippen LogP contribution < -0.4 is 0 Å². The first kappa shape index (κ1) is 14.8. The molecule has 0 radical (unpaired) electrons. The van der Waals surface area contributed by atoms with Gasteiger partial charge < -0.3 is 0 Å². The fourth-order valence-corrected chi connectivity index (χ4v) is 4.66. The summed E-state index contributed by atoms with van der Waals surface area (Å²) in [6.07, 6.45) is 2.00. The minimum atomic E-state index is -3.37. The normalized spacial score (nSPS) is 20.9. The summed E-state index contributed by atoms with van der Waals surface area (Å²) in [6, 6.07) is 5.32. The molecule has 1 heterocycles. The average Bonchev–Trinajstić information content (AvgIpc) is 2.88. The Morgan fingerprint density at radius 3 is 2.74 bits per heavy atom. The van der Waals surface area contributed by atoms with E-state index in [0.29, 0.717) is 29.8 Å². The van der Waals surface area contributed by atoms with Gasteiger partial charge in [0.15, 0.2) is 0 Å². The van der Waals surface area contributed by atoms with Gasteiger partial charge in [0.05, 0.1) is 4.90 Å². The molecule has 0 aromatic heterocycles. The molecule has 1 aromatic carbocycles. The van der Waals surface area contributed by atoms with Crippen LogP contribution in [0.1, 0.15) is 30.9 Å². The van der Waals surface area contributed by atoms with Crippen LogP contribution >= 0.6 is 11.6 Å². The van der Waals surface area contributed by atoms with E-state index in [-0.39, 0.29) is 0 Å². The van der Waals surface area contributed by atoms with Crippen molar-refractivity contribution in [3.8, 4) is 0 Å². The second-order valence-electron chi connectivity index (χ2n) is 5.10. The van der Waals surface area contributed by atoms with Crippen molar-refractivity contribution in [2.24, 2.45) is 5.92 Å². The highest BCUT2D eigenvalue weighted by atomic mass is 35.5. The molecule has 1 aromatic rings. The van der Waals surface area contributed by atoms with E-state index in [1.54, 1.807) is 16.4 Å². The highest BCUT2D eigenvalue weighted by Gasteiger charge is 2.32. The summed E-state index contributed by atoms with van der Waals surface area (Å²) >= 11 is 5.85. The van der Waals surface area contributed by atoms with Crippen molar-refractivity contribution in [1.82, 2.24) is 4.31 Å². The number of nitrogens with zero attached hydrogens (tertiary/aromatic N) is 1. The monoisotopic (exact) mass is 301 g/mol. The molecule has 1 aliphatic rings. The third kappa shape index (κ3) is 2.81. The maximum absolute atomic E-state index is 12.7. The van der Waals surface area contributed by atoms with Crippen molar-refractivity contribution >= 4 is 21.6 Å². The first-order chi connectivity index (χ1) is 9.00. The molecule has 1 aliphatic heterocycles. The van der Waals surface area contributed by atoms with E-state index in [1.165, 1.54) is 0 Å². The van der Waals surface area contributed by atoms with Crippen LogP contribution in [0.3, 0.4) is 0 Å². The first-order valence-electron chi connectivity index (χ1n) is 6.65. The Labute approximate surface area is 120 Å². The van der Waals surface area contributed by atoms with E-state index in [4.69, 9.17) is 11.6 Å². The Morgan fingerprint density at radius 1 is 1.42 bits per heavy atom. The molecule has 1 unspecified atom stereocenters. The molecule has 0 bridgehead atoms. The maximum atomic E-state index is 12.7. The van der Waals surface area contributed by atoms with Crippen LogP contribution in [0.25, 0.3) is 0 Å². The molecule has 0 amide bonds. The Balaban J connectivity index is 2.35. The van der Waals surface area contributed by atoms with Crippen LogP contribution in [0.5, 0.6) is 0 Å². The molecule has 1 fully saturated rings. The lowest BCUT2D eigenvalue weighted by Crippen LogP contribution is -2.29. The zero-order chi connectivity index (χ0) is 14.0. The average molecular weight is 302 g/mol. The molecule has 5 heteroatoms. The molecule has 1 atom stereocenters. The topological polar surface area (TPSA) is 37.4 Å². The smallest absolute Gasteiger partial charge is 0.207 e. The van der Waals surface area contributed by atoms with Crippen LogP contribution in [-0.4, -0.2) is 25.8 Å². The van der Waals surface area contributed by atoms with Crippen molar-refractivity contribution in [1.29, 1.82) is 0 Å². The Morgan fingerprint density at radius 2 is 2.16 bits per heavy atom. The van der Waals surface area contributed by atoms with Crippen molar-refractivity contribution in [3.05, 3.63) is 29.3 Å². The van der Waals surface area contributed by atoms with Gasteiger partial charge in [0.1, 0.15) is 0 Å². The minimum absolute atomic E-state index is 0.340. The number of sulfonamides is 1. The molecule has 0 N–H and O–H groups in total. The lowest BCUT2D eigenvalue weighted by atomic mass is 10.1. The van der Waals surface area contributed by atoms with Gasteiger partial charge in [-0.25, -0.2) is 8.42 Å². The van der Waals surface area contributed by atoms with Crippen LogP contribution in [-0.2, 0) is 15.9 Å². The van der Waals surface area contributed by atoms with Crippen LogP contribution in [0.4, 0.5) is 0 Å². The van der Waals surface area contributed by atoms with Gasteiger partial charge in [0.2, 0.25) is 10.0 Å². The molecule has 1 saturated heterocycles. The fourth-order valence-electron chi connectivity index (χ4n) is 2.57. The summed E-state index contributed by atoms with van der Waals surface area (Å²) in [5, 5.41) is 0. The Hall–Kier alpha value is -0.580. The van der Waals surface area contributed by atoms with Gasteiger partial charge in [-0.3, -0.25) is 0 Å². The summed E-state index contributed by atoms with van der Waals surface area (Å²) < 4.78 is 26.9. The van der Waals surface area contributed by atoms with Gasteiger partial charge in [-0.15, -0.1) is 11.6 Å². The van der Waals surface area contributed by atoms with Gasteiger partial charge in [-0.05, 0) is 36.5 Å². The third-order valence-corrected chi connectivity index (χ3v) is 6.28. The summed E-state index contributed by atoms with van der Waals surface area (Å²) in [5.41, 5.74) is 1.66. The maximum Gasteiger partial charge on any atom is 0.243 e. The minimum Gasteiger partial charge on any atom is -0.207 e. The van der Waals surface area contributed by atoms with Crippen LogP contribution in [0, 0.1) is 12.8 Å². The standard InChI is InChI=1S/C14H20ClNO2S/c1-3-12-7-8-16(10-12)19(17,18)14-6-4-5-13(9-15)11(14)2/h4-6,12H,3,7-10H2,1-2H3. The number of rotatable bonds is 4. The first-order valence-corrected chi connectivity index (χ1v) is 8.62. The van der Waals surface area contributed by atoms with E-state index >= 15 is 0 Å². The van der Waals surface area contributed by atoms with Crippen molar-refractivity contribution < 1.29 is 8.42 Å². The number of hydrogen-bond acceptors (Lipinski definition) is 2. The molecular formula is C14H20ClNO2S. The van der Waals surface area contributed by atoms with Crippen LogP contribution in [0.2, 0.25) is 0 Å². The number of halogens is 1. The lowest BCUT2D eigenvalue weighted by molar-refractivity contribution is 0.452. The SMILES string of the molecule is CCC1CCN(S(=O)(=O)c2cccc(CCl)c2C)C1. The number of hydrogen-bond donors (Lipinski definition) is 0.